The van der Waals surface area contributed by atoms with Gasteiger partial charge in [-0.15, -0.1) is 5.92 Å². The minimum absolute atomic E-state index is 0.0448. The highest BCUT2D eigenvalue weighted by molar-refractivity contribution is 7.97. The highest BCUT2D eigenvalue weighted by Crippen LogP contribution is 2.25. The first kappa shape index (κ1) is 26.2. The Kier molecular flexibility index (Phi) is 8.42. The first-order chi connectivity index (χ1) is 17.9. The quantitative estimate of drug-likeness (QED) is 0.259. The highest BCUT2D eigenvalue weighted by Gasteiger charge is 2.25. The van der Waals surface area contributed by atoms with Gasteiger partial charge in [-0.05, 0) is 59.5 Å². The van der Waals surface area contributed by atoms with Crippen LogP contribution >= 0.6 is 11.9 Å². The molecule has 3 aromatic rings. The molecule has 0 amide bonds. The molecular formula is C25H23N3O7S2. The molecule has 1 aliphatic rings. The maximum Gasteiger partial charge on any atom is 0.322 e. The van der Waals surface area contributed by atoms with Crippen molar-refractivity contribution in [2.24, 2.45) is 0 Å². The highest BCUT2D eigenvalue weighted by atomic mass is 32.2. The normalized spacial score (nSPS) is 14.0. The van der Waals surface area contributed by atoms with E-state index >= 15 is 0 Å². The molecule has 0 saturated heterocycles. The molecule has 2 heterocycles. The summed E-state index contributed by atoms with van der Waals surface area (Å²) in [6, 6.07) is 15.6. The van der Waals surface area contributed by atoms with Gasteiger partial charge in [-0.25, -0.2) is 8.42 Å². The van der Waals surface area contributed by atoms with Crippen molar-refractivity contribution in [3.8, 4) is 28.7 Å². The number of ether oxygens (including phenoxy) is 1. The van der Waals surface area contributed by atoms with Crippen LogP contribution in [-0.2, 0) is 19.7 Å². The van der Waals surface area contributed by atoms with E-state index in [1.165, 1.54) is 34.9 Å². The lowest BCUT2D eigenvalue weighted by molar-refractivity contribution is -0.138. The van der Waals surface area contributed by atoms with Crippen molar-refractivity contribution in [3.63, 3.8) is 0 Å². The standard InChI is InChI=1S/C25H23N3O7S2/c1-33-20-11-7-18(8-12-20)19-9-13-21(14-10-19)37(31,32)27-22(25(29)30)5-2-3-16-36-28-26-17-24(35-28)23-6-4-15-34-23/h4,6-15,17,22,26-27H,5,16H2,1H3,(H,29,30). The molecule has 0 spiro atoms. The van der Waals surface area contributed by atoms with Gasteiger partial charge in [0.05, 0.1) is 30.2 Å². The molecule has 0 fully saturated rings. The topological polar surface area (TPSA) is 130 Å². The van der Waals surface area contributed by atoms with Gasteiger partial charge < -0.3 is 19.1 Å². The van der Waals surface area contributed by atoms with Gasteiger partial charge >= 0.3 is 5.97 Å². The summed E-state index contributed by atoms with van der Waals surface area (Å²) in [6.07, 6.45) is 2.95. The number of sulfonamides is 1. The third-order valence-electron chi connectivity index (χ3n) is 5.11. The van der Waals surface area contributed by atoms with Gasteiger partial charge in [0, 0.05) is 11.0 Å². The van der Waals surface area contributed by atoms with E-state index in [1.54, 1.807) is 37.6 Å². The van der Waals surface area contributed by atoms with Crippen LogP contribution in [0.1, 0.15) is 12.2 Å². The van der Waals surface area contributed by atoms with Gasteiger partial charge in [0.25, 0.3) is 0 Å². The summed E-state index contributed by atoms with van der Waals surface area (Å²) >= 11 is 1.20. The number of rotatable bonds is 10. The Morgan fingerprint density at radius 3 is 2.46 bits per heavy atom. The van der Waals surface area contributed by atoms with E-state index in [9.17, 15) is 18.3 Å². The van der Waals surface area contributed by atoms with Crippen LogP contribution in [0, 0.1) is 11.8 Å². The number of methoxy groups -OCH3 is 1. The van der Waals surface area contributed by atoms with Crippen molar-refractivity contribution in [1.82, 2.24) is 14.7 Å². The number of hydrazine groups is 1. The van der Waals surface area contributed by atoms with Gasteiger partial charge in [-0.2, -0.15) is 4.72 Å². The zero-order chi connectivity index (χ0) is 26.3. The van der Waals surface area contributed by atoms with Crippen LogP contribution in [0.4, 0.5) is 0 Å². The number of hydrogen-bond acceptors (Lipinski definition) is 9. The van der Waals surface area contributed by atoms with Crippen LogP contribution < -0.4 is 14.9 Å². The minimum Gasteiger partial charge on any atom is -0.497 e. The molecule has 10 nitrogen and oxygen atoms in total. The zero-order valence-electron chi connectivity index (χ0n) is 19.6. The number of carboxylic acid groups (broad SMARTS) is 1. The number of nitrogens with zero attached hydrogens (tertiary/aromatic N) is 1. The summed E-state index contributed by atoms with van der Waals surface area (Å²) in [5.74, 6) is 6.25. The minimum atomic E-state index is -4.08. The molecule has 1 aromatic heterocycles. The van der Waals surface area contributed by atoms with Crippen LogP contribution in [0.5, 0.6) is 5.75 Å². The fourth-order valence-electron chi connectivity index (χ4n) is 3.21. The molecule has 12 heteroatoms. The van der Waals surface area contributed by atoms with E-state index in [0.717, 1.165) is 11.1 Å². The molecule has 37 heavy (non-hydrogen) atoms. The number of nitrogens with one attached hydrogen (secondary N) is 2. The average molecular weight is 542 g/mol. The monoisotopic (exact) mass is 541 g/mol. The second-order valence-corrected chi connectivity index (χ2v) is 10.2. The maximum atomic E-state index is 12.8. The summed E-state index contributed by atoms with van der Waals surface area (Å²) in [5.41, 5.74) is 4.57. The van der Waals surface area contributed by atoms with Gasteiger partial charge in [0.1, 0.15) is 11.8 Å². The molecule has 0 aliphatic carbocycles. The molecule has 3 N–H and O–H groups in total. The van der Waals surface area contributed by atoms with Crippen LogP contribution in [0.2, 0.25) is 0 Å². The number of furan rings is 1. The lowest BCUT2D eigenvalue weighted by atomic mass is 10.1. The van der Waals surface area contributed by atoms with E-state index in [1.807, 2.05) is 24.3 Å². The van der Waals surface area contributed by atoms with Crippen molar-refractivity contribution < 1.29 is 32.3 Å². The number of carbonyl (C=O) groups is 1. The maximum absolute atomic E-state index is 12.8. The molecule has 192 valence electrons. The van der Waals surface area contributed by atoms with E-state index in [2.05, 4.69) is 22.0 Å². The van der Waals surface area contributed by atoms with Gasteiger partial charge in [-0.1, -0.05) is 30.2 Å². The Morgan fingerprint density at radius 2 is 1.84 bits per heavy atom. The lowest BCUT2D eigenvalue weighted by Gasteiger charge is -2.13. The molecule has 0 radical (unpaired) electrons. The summed E-state index contributed by atoms with van der Waals surface area (Å²) in [4.78, 5) is 17.1. The number of carboxylic acids is 1. The Bertz CT molecular complexity index is 1410. The average Bonchev–Trinajstić information content (AvgIpc) is 3.60. The predicted octanol–water partition coefficient (Wildman–Crippen LogP) is 3.48. The molecule has 1 aliphatic heterocycles. The predicted molar refractivity (Wildman–Crippen MR) is 138 cm³/mol. The first-order valence-corrected chi connectivity index (χ1v) is 13.3. The number of hydrogen-bond donors (Lipinski definition) is 3. The molecule has 0 saturated carbocycles. The van der Waals surface area contributed by atoms with E-state index in [-0.39, 0.29) is 17.1 Å². The SMILES string of the molecule is COc1ccc(-c2ccc(S(=O)(=O)NC(CC#CCSN3NC=C(c4ccco4)O3)C(=O)O)cc2)cc1. The molecular weight excluding hydrogens is 518 g/mol. The Hall–Kier alpha value is -3.89. The van der Waals surface area contributed by atoms with Crippen molar-refractivity contribution in [3.05, 3.63) is 78.9 Å². The second-order valence-electron chi connectivity index (χ2n) is 7.56. The van der Waals surface area contributed by atoms with E-state index < -0.39 is 22.0 Å². The molecule has 1 atom stereocenters. The lowest BCUT2D eigenvalue weighted by Crippen LogP contribution is -2.40. The Balaban J connectivity index is 1.30. The van der Waals surface area contributed by atoms with Crippen molar-refractivity contribution in [2.75, 3.05) is 12.9 Å². The zero-order valence-corrected chi connectivity index (χ0v) is 21.2. The van der Waals surface area contributed by atoms with Crippen molar-refractivity contribution >= 4 is 33.7 Å². The number of benzene rings is 2. The molecule has 1 unspecified atom stereocenters. The van der Waals surface area contributed by atoms with Crippen LogP contribution in [0.3, 0.4) is 0 Å². The molecule has 4 rings (SSSR count). The van der Waals surface area contributed by atoms with Crippen molar-refractivity contribution in [2.45, 2.75) is 17.4 Å². The van der Waals surface area contributed by atoms with Crippen molar-refractivity contribution in [1.29, 1.82) is 0 Å². The fourth-order valence-corrected chi connectivity index (χ4v) is 4.95. The van der Waals surface area contributed by atoms with Crippen LogP contribution in [0.15, 0.2) is 82.4 Å². The van der Waals surface area contributed by atoms with Gasteiger partial charge in [-0.3, -0.25) is 10.2 Å². The smallest absolute Gasteiger partial charge is 0.322 e. The largest absolute Gasteiger partial charge is 0.497 e. The molecule has 2 aromatic carbocycles. The number of aliphatic carboxylic acids is 1. The summed E-state index contributed by atoms with van der Waals surface area (Å²) in [5, 5.41) is 9.50. The summed E-state index contributed by atoms with van der Waals surface area (Å²) < 4.78 is 39.5. The third kappa shape index (κ3) is 6.87. The third-order valence-corrected chi connectivity index (χ3v) is 7.29. The molecule has 0 bridgehead atoms. The Morgan fingerprint density at radius 1 is 1.14 bits per heavy atom. The van der Waals surface area contributed by atoms with Crippen LogP contribution in [-0.4, -0.2) is 43.0 Å². The van der Waals surface area contributed by atoms with E-state index in [0.29, 0.717) is 17.3 Å². The van der Waals surface area contributed by atoms with Gasteiger partial charge in [0.15, 0.2) is 5.76 Å². The van der Waals surface area contributed by atoms with Gasteiger partial charge in [0.2, 0.25) is 15.8 Å². The Labute approximate surface area is 218 Å². The fraction of sp³-hybridized carbons (Fsp3) is 0.160. The van der Waals surface area contributed by atoms with E-state index in [4.69, 9.17) is 14.0 Å². The first-order valence-electron chi connectivity index (χ1n) is 10.9. The summed E-state index contributed by atoms with van der Waals surface area (Å²) in [6.45, 7) is 0. The second kappa shape index (κ2) is 11.9. The summed E-state index contributed by atoms with van der Waals surface area (Å²) in [7, 11) is -2.50. The van der Waals surface area contributed by atoms with Crippen LogP contribution in [0.25, 0.3) is 16.9 Å².